The first-order chi connectivity index (χ1) is 36.7. The molecule has 4 aliphatic heterocycles. The van der Waals surface area contributed by atoms with E-state index in [-0.39, 0.29) is 37.4 Å². The van der Waals surface area contributed by atoms with Crippen LogP contribution in [0.4, 0.5) is 0 Å². The van der Waals surface area contributed by atoms with Gasteiger partial charge in [0.15, 0.2) is 18.7 Å². The molecular weight excluding hydrogens is 1030 g/mol. The van der Waals surface area contributed by atoms with Crippen LogP contribution in [0.5, 0.6) is 11.5 Å². The second-order valence-corrected chi connectivity index (χ2v) is 23.9. The monoisotopic (exact) mass is 1110 g/mol. The van der Waals surface area contributed by atoms with Gasteiger partial charge >= 0.3 is 5.97 Å². The van der Waals surface area contributed by atoms with Gasteiger partial charge in [-0.2, -0.15) is 0 Å². The Hall–Kier alpha value is -3.87. The van der Waals surface area contributed by atoms with Gasteiger partial charge in [-0.1, -0.05) is 54.9 Å². The summed E-state index contributed by atoms with van der Waals surface area (Å²) in [5, 5.41) is 73.8. The molecule has 3 fully saturated rings. The minimum Gasteiger partial charge on any atom is -0.459 e. The number of halogens is 1. The van der Waals surface area contributed by atoms with Gasteiger partial charge in [-0.25, -0.2) is 4.68 Å². The third-order valence-electron chi connectivity index (χ3n) is 16.8. The van der Waals surface area contributed by atoms with E-state index in [0.717, 1.165) is 17.0 Å². The standard InChI is InChI=1S/C57H87ClN6O14/c1-14-46-57(10,70)50(66)36(6)63(12)29-32(2)27-55(8,69)52(34(4)49(35(5)53(68)75-46)76-47-28-56(9,71-13)51(67)37(7)73-47)77-54-48(65)45(24-33(3)72-54)62(11)23-22-40-30-64(61-59-40)31-43-26-44(60-78-43)38-16-15-17-42(25-38)74-41-20-18-39(58)19-21-41/h15-21,25,30,32-37,43,45-52,54,65-67,69-70H,14,22-24,26-29,31H2,1-13H3/t32-,33-,34+,35-,36-,37+,43?,45+,46-,47+,48-,49+,50-,51+,52-,54+,55-,56-,57-/m1/s1. The van der Waals surface area contributed by atoms with Crippen LogP contribution in [0.2, 0.25) is 5.02 Å². The quantitative estimate of drug-likeness (QED) is 0.114. The summed E-state index contributed by atoms with van der Waals surface area (Å²) in [7, 11) is 5.27. The number of nitrogens with zero attached hydrogens (tertiary/aromatic N) is 6. The first-order valence-corrected chi connectivity index (χ1v) is 28.0. The van der Waals surface area contributed by atoms with E-state index in [4.69, 9.17) is 49.6 Å². The van der Waals surface area contributed by atoms with Crippen molar-refractivity contribution < 1.29 is 68.3 Å². The van der Waals surface area contributed by atoms with Crippen LogP contribution in [-0.2, 0) is 51.0 Å². The summed E-state index contributed by atoms with van der Waals surface area (Å²) in [4.78, 5) is 24.3. The van der Waals surface area contributed by atoms with E-state index in [0.29, 0.717) is 55.4 Å². The Kier molecular flexibility index (Phi) is 20.5. The first-order valence-electron chi connectivity index (χ1n) is 27.7. The molecule has 3 saturated heterocycles. The molecule has 0 radical (unpaired) electrons. The molecule has 0 amide bonds. The van der Waals surface area contributed by atoms with Crippen molar-refractivity contribution in [1.29, 1.82) is 0 Å². The zero-order valence-electron chi connectivity index (χ0n) is 47.8. The Morgan fingerprint density at radius 1 is 0.936 bits per heavy atom. The Bertz CT molecular complexity index is 2450. The van der Waals surface area contributed by atoms with Gasteiger partial charge in [0.25, 0.3) is 0 Å². The molecule has 21 heteroatoms. The number of hydrogen-bond donors (Lipinski definition) is 5. The van der Waals surface area contributed by atoms with Crippen LogP contribution in [0.25, 0.3) is 0 Å². The second kappa shape index (κ2) is 25.9. The van der Waals surface area contributed by atoms with Crippen molar-refractivity contribution >= 4 is 23.3 Å². The summed E-state index contributed by atoms with van der Waals surface area (Å²) in [5.41, 5.74) is -2.11. The van der Waals surface area contributed by atoms with Crippen LogP contribution in [-0.4, -0.2) is 193 Å². The number of carbonyl (C=O) groups excluding carboxylic acids is 1. The number of rotatable bonds is 15. The Balaban J connectivity index is 1.06. The van der Waals surface area contributed by atoms with Gasteiger partial charge in [-0.15, -0.1) is 5.10 Å². The third-order valence-corrected chi connectivity index (χ3v) is 17.0. The molecular formula is C57H87ClN6O14. The number of carbonyl (C=O) groups is 1. The predicted molar refractivity (Wildman–Crippen MR) is 291 cm³/mol. The molecule has 436 valence electrons. The van der Waals surface area contributed by atoms with Gasteiger partial charge in [0.1, 0.15) is 41.5 Å². The highest BCUT2D eigenvalue weighted by Crippen LogP contribution is 2.41. The molecule has 0 saturated carbocycles. The predicted octanol–water partition coefficient (Wildman–Crippen LogP) is 5.74. The lowest BCUT2D eigenvalue weighted by Crippen LogP contribution is -2.61. The summed E-state index contributed by atoms with van der Waals surface area (Å²) in [6, 6.07) is 13.8. The molecule has 2 aromatic carbocycles. The summed E-state index contributed by atoms with van der Waals surface area (Å²) in [6.45, 7) is 18.9. The second-order valence-electron chi connectivity index (χ2n) is 23.4. The number of aliphatic hydroxyl groups excluding tert-OH is 3. The first kappa shape index (κ1) is 61.7. The highest BCUT2D eigenvalue weighted by molar-refractivity contribution is 6.30. The largest absolute Gasteiger partial charge is 0.459 e. The minimum absolute atomic E-state index is 0.0953. The van der Waals surface area contributed by atoms with Gasteiger partial charge in [-0.3, -0.25) is 4.79 Å². The average molecular weight is 1120 g/mol. The molecule has 1 unspecified atom stereocenters. The van der Waals surface area contributed by atoms with Crippen molar-refractivity contribution in [3.8, 4) is 11.5 Å². The van der Waals surface area contributed by atoms with Crippen LogP contribution in [0, 0.1) is 17.8 Å². The van der Waals surface area contributed by atoms with Crippen LogP contribution >= 0.6 is 11.6 Å². The van der Waals surface area contributed by atoms with E-state index in [1.807, 2.05) is 82.4 Å². The fourth-order valence-corrected chi connectivity index (χ4v) is 12.1. The van der Waals surface area contributed by atoms with Crippen molar-refractivity contribution in [1.82, 2.24) is 24.8 Å². The number of hydrogen-bond acceptors (Lipinski definition) is 19. The Morgan fingerprint density at radius 2 is 1.65 bits per heavy atom. The average Bonchev–Trinajstić information content (AvgIpc) is 4.17. The molecule has 0 bridgehead atoms. The number of methoxy groups -OCH3 is 1. The van der Waals surface area contributed by atoms with Crippen molar-refractivity contribution in [2.24, 2.45) is 22.9 Å². The van der Waals surface area contributed by atoms with Crippen LogP contribution in [0.15, 0.2) is 59.9 Å². The number of likely N-dealkylation sites (N-methyl/N-ethyl adjacent to an activating group) is 2. The number of aromatic nitrogens is 3. The van der Waals surface area contributed by atoms with Gasteiger partial charge in [-0.05, 0) is 124 Å². The molecule has 0 aliphatic carbocycles. The molecule has 19 atom stereocenters. The smallest absolute Gasteiger partial charge is 0.311 e. The molecule has 5 N–H and O–H groups in total. The van der Waals surface area contributed by atoms with E-state index in [1.54, 1.807) is 58.4 Å². The van der Waals surface area contributed by atoms with Crippen molar-refractivity contribution in [2.45, 2.75) is 211 Å². The molecule has 0 spiro atoms. The molecule has 4 aliphatic rings. The van der Waals surface area contributed by atoms with Crippen LogP contribution < -0.4 is 4.74 Å². The number of oxime groups is 1. The van der Waals surface area contributed by atoms with Crippen molar-refractivity contribution in [3.05, 3.63) is 71.0 Å². The molecule has 3 aromatic rings. The number of esters is 1. The van der Waals surface area contributed by atoms with E-state index in [1.165, 1.54) is 14.0 Å². The fourth-order valence-electron chi connectivity index (χ4n) is 11.9. The Morgan fingerprint density at radius 3 is 2.35 bits per heavy atom. The van der Waals surface area contributed by atoms with Crippen molar-refractivity contribution in [3.63, 3.8) is 0 Å². The number of ether oxygens (including phenoxy) is 7. The zero-order valence-corrected chi connectivity index (χ0v) is 48.5. The maximum absolute atomic E-state index is 14.5. The highest BCUT2D eigenvalue weighted by Gasteiger charge is 2.53. The maximum atomic E-state index is 14.5. The molecule has 20 nitrogen and oxygen atoms in total. The van der Waals surface area contributed by atoms with E-state index < -0.39 is 102 Å². The minimum atomic E-state index is -1.84. The normalized spacial score (nSPS) is 38.7. The van der Waals surface area contributed by atoms with Gasteiger partial charge in [0, 0.05) is 74.2 Å². The summed E-state index contributed by atoms with van der Waals surface area (Å²) < 4.78 is 46.2. The number of aliphatic hydroxyl groups is 5. The zero-order chi connectivity index (χ0) is 57.0. The summed E-state index contributed by atoms with van der Waals surface area (Å²) >= 11 is 6.04. The molecule has 78 heavy (non-hydrogen) atoms. The fraction of sp³-hybridized carbons (Fsp3) is 0.719. The lowest BCUT2D eigenvalue weighted by molar-refractivity contribution is -0.318. The van der Waals surface area contributed by atoms with E-state index >= 15 is 0 Å². The van der Waals surface area contributed by atoms with Crippen LogP contribution in [0.1, 0.15) is 113 Å². The number of cyclic esters (lactones) is 1. The van der Waals surface area contributed by atoms with Gasteiger partial charge in [0.05, 0.1) is 59.5 Å². The molecule has 7 rings (SSSR count). The lowest BCUT2D eigenvalue weighted by Gasteiger charge is -2.49. The van der Waals surface area contributed by atoms with Crippen LogP contribution in [0.3, 0.4) is 0 Å². The van der Waals surface area contributed by atoms with E-state index in [9.17, 15) is 30.3 Å². The highest BCUT2D eigenvalue weighted by atomic mass is 35.5. The SMILES string of the molecule is CC[C@H]1OC(=O)[C@H](C)[C@@H](O[C@H]2C[C@@](C)(OC)[C@@H](O)[C@H](C)O2)[C@H](C)[C@@H](O[C@@H]2O[C@H](C)C[C@H](N(C)CCc3cn(CC4CC(c5cccc(Oc6ccc(Cl)cc6)c5)=NO4)nn3)[C@H]2O)[C@](C)(O)C[C@@H](C)CN(C)[C@H](C)[C@@H](O)[C@]1(C)O. The molecule has 5 heterocycles. The van der Waals surface area contributed by atoms with Gasteiger partial charge < -0.3 is 73.3 Å². The molecule has 1 aromatic heterocycles. The van der Waals surface area contributed by atoms with Crippen molar-refractivity contribution in [2.75, 3.05) is 34.3 Å². The summed E-state index contributed by atoms with van der Waals surface area (Å²) in [5.74, 6) is -1.48. The number of benzene rings is 2. The lowest BCUT2D eigenvalue weighted by atomic mass is 9.77. The third kappa shape index (κ3) is 14.6. The van der Waals surface area contributed by atoms with E-state index in [2.05, 4.69) is 20.4 Å². The topological polar surface area (TPSA) is 242 Å². The maximum Gasteiger partial charge on any atom is 0.311 e. The Labute approximate surface area is 465 Å². The summed E-state index contributed by atoms with van der Waals surface area (Å²) in [6.07, 6.45) is -6.46. The van der Waals surface area contributed by atoms with Gasteiger partial charge in [0.2, 0.25) is 0 Å².